The SMILES string of the molecule is O=S(=O)(NCCc1cccnc1)c1cnn(CCO)c1. The minimum atomic E-state index is -3.56. The molecule has 0 aliphatic rings. The van der Waals surface area contributed by atoms with E-state index in [0.717, 1.165) is 5.56 Å². The topological polar surface area (TPSA) is 97.1 Å². The summed E-state index contributed by atoms with van der Waals surface area (Å²) in [6.45, 7) is 0.472. The Hall–Kier alpha value is -1.77. The molecule has 2 aromatic rings. The number of nitrogens with zero attached hydrogens (tertiary/aromatic N) is 3. The van der Waals surface area contributed by atoms with Crippen molar-refractivity contribution in [3.8, 4) is 0 Å². The first-order valence-corrected chi connectivity index (χ1v) is 7.62. The number of aliphatic hydroxyl groups excluding tert-OH is 1. The van der Waals surface area contributed by atoms with Gasteiger partial charge in [-0.25, -0.2) is 13.1 Å². The minimum Gasteiger partial charge on any atom is -0.394 e. The van der Waals surface area contributed by atoms with E-state index in [9.17, 15) is 8.42 Å². The number of sulfonamides is 1. The Morgan fingerprint density at radius 2 is 2.20 bits per heavy atom. The van der Waals surface area contributed by atoms with Crippen molar-refractivity contribution in [2.45, 2.75) is 17.9 Å². The standard InChI is InChI=1S/C12H16N4O3S/c17-7-6-16-10-12(9-14-16)20(18,19)15-5-3-11-2-1-4-13-8-11/h1-2,4,8-10,15,17H,3,5-7H2. The predicted molar refractivity (Wildman–Crippen MR) is 72.4 cm³/mol. The summed E-state index contributed by atoms with van der Waals surface area (Å²) in [6.07, 6.45) is 6.60. The van der Waals surface area contributed by atoms with Gasteiger partial charge in [0.1, 0.15) is 4.90 Å². The van der Waals surface area contributed by atoms with Crippen molar-refractivity contribution in [1.29, 1.82) is 0 Å². The van der Waals surface area contributed by atoms with Gasteiger partial charge in [0.25, 0.3) is 0 Å². The molecule has 0 aliphatic heterocycles. The second-order valence-corrected chi connectivity index (χ2v) is 5.94. The average molecular weight is 296 g/mol. The number of rotatable bonds is 7. The number of aromatic nitrogens is 3. The van der Waals surface area contributed by atoms with Crippen LogP contribution >= 0.6 is 0 Å². The fourth-order valence-corrected chi connectivity index (χ4v) is 2.65. The molecule has 0 unspecified atom stereocenters. The van der Waals surface area contributed by atoms with Crippen LogP contribution in [0.25, 0.3) is 0 Å². The third-order valence-electron chi connectivity index (χ3n) is 2.68. The third kappa shape index (κ3) is 3.86. The van der Waals surface area contributed by atoms with Crippen LogP contribution in [-0.2, 0) is 23.0 Å². The van der Waals surface area contributed by atoms with E-state index in [0.29, 0.717) is 13.0 Å². The van der Waals surface area contributed by atoms with Crippen molar-refractivity contribution in [3.63, 3.8) is 0 Å². The van der Waals surface area contributed by atoms with Crippen LogP contribution in [-0.4, -0.2) is 41.4 Å². The van der Waals surface area contributed by atoms with Crippen molar-refractivity contribution in [1.82, 2.24) is 19.5 Å². The van der Waals surface area contributed by atoms with E-state index in [4.69, 9.17) is 5.11 Å². The van der Waals surface area contributed by atoms with Gasteiger partial charge in [0, 0.05) is 25.1 Å². The van der Waals surface area contributed by atoms with Crippen LogP contribution < -0.4 is 4.72 Å². The molecule has 7 nitrogen and oxygen atoms in total. The van der Waals surface area contributed by atoms with E-state index in [-0.39, 0.29) is 18.0 Å². The molecule has 0 amide bonds. The van der Waals surface area contributed by atoms with Crippen LogP contribution in [0.3, 0.4) is 0 Å². The highest BCUT2D eigenvalue weighted by molar-refractivity contribution is 7.89. The molecule has 0 bridgehead atoms. The molecule has 8 heteroatoms. The first-order chi connectivity index (χ1) is 9.62. The first kappa shape index (κ1) is 14.6. The molecule has 2 heterocycles. The van der Waals surface area contributed by atoms with Gasteiger partial charge >= 0.3 is 0 Å². The summed E-state index contributed by atoms with van der Waals surface area (Å²) in [5.74, 6) is 0. The van der Waals surface area contributed by atoms with Gasteiger partial charge in [0.2, 0.25) is 10.0 Å². The quantitative estimate of drug-likeness (QED) is 0.737. The van der Waals surface area contributed by atoms with E-state index in [1.807, 2.05) is 12.1 Å². The van der Waals surface area contributed by atoms with Crippen molar-refractivity contribution in [3.05, 3.63) is 42.5 Å². The zero-order valence-electron chi connectivity index (χ0n) is 10.8. The Morgan fingerprint density at radius 1 is 1.35 bits per heavy atom. The fourth-order valence-electron chi connectivity index (χ4n) is 1.67. The molecule has 108 valence electrons. The Balaban J connectivity index is 1.93. The largest absolute Gasteiger partial charge is 0.394 e. The third-order valence-corrected chi connectivity index (χ3v) is 4.09. The number of nitrogens with one attached hydrogen (secondary N) is 1. The number of hydrogen-bond donors (Lipinski definition) is 2. The highest BCUT2D eigenvalue weighted by Crippen LogP contribution is 2.07. The normalized spacial score (nSPS) is 11.7. The number of aliphatic hydroxyl groups is 1. The Bertz CT molecular complexity index is 640. The lowest BCUT2D eigenvalue weighted by atomic mass is 10.2. The van der Waals surface area contributed by atoms with Gasteiger partial charge in [-0.3, -0.25) is 9.67 Å². The maximum Gasteiger partial charge on any atom is 0.243 e. The molecular weight excluding hydrogens is 280 g/mol. The van der Waals surface area contributed by atoms with Crippen LogP contribution in [0.2, 0.25) is 0 Å². The molecule has 2 aromatic heterocycles. The number of hydrogen-bond acceptors (Lipinski definition) is 5. The highest BCUT2D eigenvalue weighted by Gasteiger charge is 2.15. The zero-order valence-corrected chi connectivity index (χ0v) is 11.6. The molecule has 0 aromatic carbocycles. The van der Waals surface area contributed by atoms with Crippen molar-refractivity contribution in [2.75, 3.05) is 13.2 Å². The molecule has 2 rings (SSSR count). The van der Waals surface area contributed by atoms with E-state index in [2.05, 4.69) is 14.8 Å². The van der Waals surface area contributed by atoms with Gasteiger partial charge < -0.3 is 5.11 Å². The van der Waals surface area contributed by atoms with Crippen molar-refractivity contribution < 1.29 is 13.5 Å². The van der Waals surface area contributed by atoms with E-state index in [1.54, 1.807) is 12.4 Å². The summed E-state index contributed by atoms with van der Waals surface area (Å²) in [7, 11) is -3.56. The van der Waals surface area contributed by atoms with Crippen LogP contribution in [0, 0.1) is 0 Å². The van der Waals surface area contributed by atoms with Gasteiger partial charge in [-0.05, 0) is 18.1 Å². The summed E-state index contributed by atoms with van der Waals surface area (Å²) in [6, 6.07) is 3.70. The van der Waals surface area contributed by atoms with Gasteiger partial charge in [-0.2, -0.15) is 5.10 Å². The van der Waals surface area contributed by atoms with Crippen LogP contribution in [0.5, 0.6) is 0 Å². The summed E-state index contributed by atoms with van der Waals surface area (Å²) in [5, 5.41) is 12.6. The molecule has 0 fully saturated rings. The van der Waals surface area contributed by atoms with Crippen LogP contribution in [0.1, 0.15) is 5.56 Å². The van der Waals surface area contributed by atoms with E-state index in [1.165, 1.54) is 17.1 Å². The Morgan fingerprint density at radius 3 is 2.90 bits per heavy atom. The van der Waals surface area contributed by atoms with Crippen molar-refractivity contribution in [2.24, 2.45) is 0 Å². The van der Waals surface area contributed by atoms with Gasteiger partial charge in [-0.15, -0.1) is 0 Å². The molecule has 0 atom stereocenters. The fraction of sp³-hybridized carbons (Fsp3) is 0.333. The average Bonchev–Trinajstić information content (AvgIpc) is 2.90. The van der Waals surface area contributed by atoms with Crippen LogP contribution in [0.15, 0.2) is 41.8 Å². The van der Waals surface area contributed by atoms with Gasteiger partial charge in [0.15, 0.2) is 0 Å². The highest BCUT2D eigenvalue weighted by atomic mass is 32.2. The first-order valence-electron chi connectivity index (χ1n) is 6.14. The predicted octanol–water partition coefficient (Wildman–Crippen LogP) is -0.209. The molecule has 0 saturated heterocycles. The van der Waals surface area contributed by atoms with Gasteiger partial charge in [-0.1, -0.05) is 6.07 Å². The molecule has 0 saturated carbocycles. The lowest BCUT2D eigenvalue weighted by Gasteiger charge is -2.04. The second-order valence-electron chi connectivity index (χ2n) is 4.17. The number of pyridine rings is 1. The minimum absolute atomic E-state index is 0.0877. The molecule has 0 spiro atoms. The maximum atomic E-state index is 12.0. The summed E-state index contributed by atoms with van der Waals surface area (Å²) < 4.78 is 27.9. The Labute approximate surface area is 117 Å². The monoisotopic (exact) mass is 296 g/mol. The van der Waals surface area contributed by atoms with E-state index < -0.39 is 10.0 Å². The summed E-state index contributed by atoms with van der Waals surface area (Å²) in [4.78, 5) is 4.06. The molecule has 0 aliphatic carbocycles. The second kappa shape index (κ2) is 6.60. The molecule has 2 N–H and O–H groups in total. The molecule has 20 heavy (non-hydrogen) atoms. The summed E-state index contributed by atoms with van der Waals surface area (Å²) in [5.41, 5.74) is 0.964. The Kier molecular flexibility index (Phi) is 4.83. The smallest absolute Gasteiger partial charge is 0.243 e. The molecular formula is C12H16N4O3S. The van der Waals surface area contributed by atoms with E-state index >= 15 is 0 Å². The van der Waals surface area contributed by atoms with Crippen molar-refractivity contribution >= 4 is 10.0 Å². The molecule has 0 radical (unpaired) electrons. The lowest BCUT2D eigenvalue weighted by molar-refractivity contribution is 0.269. The maximum absolute atomic E-state index is 12.0. The van der Waals surface area contributed by atoms with Crippen LogP contribution in [0.4, 0.5) is 0 Å². The summed E-state index contributed by atoms with van der Waals surface area (Å²) >= 11 is 0. The zero-order chi connectivity index (χ0) is 14.4. The van der Waals surface area contributed by atoms with Gasteiger partial charge in [0.05, 0.1) is 19.3 Å². The lowest BCUT2D eigenvalue weighted by Crippen LogP contribution is -2.25.